The van der Waals surface area contributed by atoms with Crippen LogP contribution >= 0.6 is 11.3 Å². The van der Waals surface area contributed by atoms with E-state index >= 15 is 0 Å². The summed E-state index contributed by atoms with van der Waals surface area (Å²) in [6, 6.07) is 5.14. The van der Waals surface area contributed by atoms with Crippen LogP contribution < -0.4 is 10.2 Å². The number of hydrogen-bond acceptors (Lipinski definition) is 8. The van der Waals surface area contributed by atoms with Crippen molar-refractivity contribution >= 4 is 40.5 Å². The topological polar surface area (TPSA) is 70.1 Å². The predicted octanol–water partition coefficient (Wildman–Crippen LogP) is 4.71. The number of aryl methyl sites for hydroxylation is 1. The zero-order chi connectivity index (χ0) is 23.4. The number of thiazole rings is 1. The molecule has 0 bridgehead atoms. The molecule has 1 N–H and O–H groups in total. The lowest BCUT2D eigenvalue weighted by Gasteiger charge is -2.21. The van der Waals surface area contributed by atoms with E-state index in [4.69, 9.17) is 0 Å². The van der Waals surface area contributed by atoms with Gasteiger partial charge in [-0.3, -0.25) is 5.32 Å². The van der Waals surface area contributed by atoms with E-state index in [2.05, 4.69) is 42.1 Å². The molecule has 1 aliphatic rings. The molecule has 33 heavy (non-hydrogen) atoms. The largest absolute Gasteiger partial charge is 0.416 e. The van der Waals surface area contributed by atoms with Crippen LogP contribution in [0.2, 0.25) is 0 Å². The highest BCUT2D eigenvalue weighted by Gasteiger charge is 2.30. The van der Waals surface area contributed by atoms with Gasteiger partial charge in [0.2, 0.25) is 11.9 Å². The SMILES string of the molecule is Cc1cnc(Nc2nc(C=Cc3cccc(C(F)(F)F)c3)nc(N3CCCN(C)CC3)n2)s1. The third-order valence-electron chi connectivity index (χ3n) is 5.12. The number of aromatic nitrogens is 4. The Morgan fingerprint density at radius 3 is 2.67 bits per heavy atom. The molecule has 3 aromatic rings. The maximum Gasteiger partial charge on any atom is 0.416 e. The number of anilines is 3. The minimum Gasteiger partial charge on any atom is -0.339 e. The second kappa shape index (κ2) is 9.84. The van der Waals surface area contributed by atoms with E-state index in [9.17, 15) is 13.2 Å². The molecular weight excluding hydrogens is 451 g/mol. The molecule has 0 atom stereocenters. The first kappa shape index (κ1) is 23.1. The molecule has 1 fully saturated rings. The fourth-order valence-corrected chi connectivity index (χ4v) is 4.05. The van der Waals surface area contributed by atoms with Gasteiger partial charge in [-0.25, -0.2) is 4.98 Å². The molecule has 7 nitrogen and oxygen atoms in total. The molecule has 1 saturated heterocycles. The number of nitrogens with zero attached hydrogens (tertiary/aromatic N) is 6. The van der Waals surface area contributed by atoms with Gasteiger partial charge in [0, 0.05) is 30.7 Å². The first-order valence-corrected chi connectivity index (χ1v) is 11.3. The highest BCUT2D eigenvalue weighted by molar-refractivity contribution is 7.15. The number of hydrogen-bond donors (Lipinski definition) is 1. The van der Waals surface area contributed by atoms with Gasteiger partial charge in [0.05, 0.1) is 5.56 Å². The average molecular weight is 476 g/mol. The minimum absolute atomic E-state index is 0.343. The van der Waals surface area contributed by atoms with Gasteiger partial charge >= 0.3 is 6.18 Å². The summed E-state index contributed by atoms with van der Waals surface area (Å²) >= 11 is 1.48. The Morgan fingerprint density at radius 2 is 1.91 bits per heavy atom. The summed E-state index contributed by atoms with van der Waals surface area (Å²) in [7, 11) is 2.08. The lowest BCUT2D eigenvalue weighted by atomic mass is 10.1. The van der Waals surface area contributed by atoms with E-state index in [1.807, 2.05) is 6.92 Å². The van der Waals surface area contributed by atoms with Crippen LogP contribution in [0.15, 0.2) is 30.5 Å². The molecule has 11 heteroatoms. The van der Waals surface area contributed by atoms with Crippen LogP contribution in [-0.4, -0.2) is 58.1 Å². The molecule has 0 spiro atoms. The van der Waals surface area contributed by atoms with Gasteiger partial charge in [-0.05, 0) is 50.7 Å². The Kier molecular flexibility index (Phi) is 6.89. The van der Waals surface area contributed by atoms with E-state index in [1.165, 1.54) is 17.4 Å². The van der Waals surface area contributed by atoms with Crippen LogP contribution in [0.4, 0.5) is 30.2 Å². The lowest BCUT2D eigenvalue weighted by molar-refractivity contribution is -0.137. The number of rotatable bonds is 5. The van der Waals surface area contributed by atoms with Crippen LogP contribution in [-0.2, 0) is 6.18 Å². The summed E-state index contributed by atoms with van der Waals surface area (Å²) in [5.74, 6) is 1.22. The molecule has 0 saturated carbocycles. The molecule has 174 valence electrons. The van der Waals surface area contributed by atoms with Crippen molar-refractivity contribution in [1.29, 1.82) is 0 Å². The zero-order valence-electron chi connectivity index (χ0n) is 18.3. The van der Waals surface area contributed by atoms with Gasteiger partial charge < -0.3 is 9.80 Å². The summed E-state index contributed by atoms with van der Waals surface area (Å²) in [5.41, 5.74) is -0.288. The summed E-state index contributed by atoms with van der Waals surface area (Å²) in [4.78, 5) is 23.3. The van der Waals surface area contributed by atoms with Gasteiger partial charge in [-0.1, -0.05) is 18.2 Å². The predicted molar refractivity (Wildman–Crippen MR) is 125 cm³/mol. The first-order valence-electron chi connectivity index (χ1n) is 10.5. The van der Waals surface area contributed by atoms with Crippen LogP contribution in [0.1, 0.15) is 28.2 Å². The third-order valence-corrected chi connectivity index (χ3v) is 5.95. The normalized spacial score (nSPS) is 15.7. The maximum absolute atomic E-state index is 13.0. The summed E-state index contributed by atoms with van der Waals surface area (Å²) in [6.07, 6.45) is 1.51. The standard InChI is InChI=1S/C22H24F3N7S/c1-15-14-26-21(33-15)30-19-27-18(8-7-16-5-3-6-17(13-16)22(23,24)25)28-20(29-19)32-10-4-9-31(2)11-12-32/h3,5-8,13-14H,4,9-12H2,1-2H3,(H,26,27,28,29,30). The van der Waals surface area contributed by atoms with Crippen molar-refractivity contribution in [1.82, 2.24) is 24.8 Å². The molecule has 4 rings (SSSR count). The van der Waals surface area contributed by atoms with E-state index in [-0.39, 0.29) is 0 Å². The number of nitrogens with one attached hydrogen (secondary N) is 1. The van der Waals surface area contributed by atoms with Gasteiger partial charge in [0.25, 0.3) is 0 Å². The number of benzene rings is 1. The number of halogens is 3. The van der Waals surface area contributed by atoms with E-state index in [0.29, 0.717) is 28.4 Å². The molecule has 0 amide bonds. The van der Waals surface area contributed by atoms with Gasteiger partial charge in [-0.2, -0.15) is 28.1 Å². The van der Waals surface area contributed by atoms with Crippen LogP contribution in [0.5, 0.6) is 0 Å². The Labute approximate surface area is 194 Å². The van der Waals surface area contributed by atoms with Crippen LogP contribution in [0.25, 0.3) is 12.2 Å². The van der Waals surface area contributed by atoms with Gasteiger partial charge in [-0.15, -0.1) is 11.3 Å². The summed E-state index contributed by atoms with van der Waals surface area (Å²) in [6.45, 7) is 5.41. The molecule has 2 aromatic heterocycles. The number of alkyl halides is 3. The first-order chi connectivity index (χ1) is 15.8. The fraction of sp³-hybridized carbons (Fsp3) is 0.364. The second-order valence-corrected chi connectivity index (χ2v) is 9.05. The Hall–Kier alpha value is -3.05. The summed E-state index contributed by atoms with van der Waals surface area (Å²) in [5, 5.41) is 3.78. The Bertz CT molecular complexity index is 1130. The number of likely N-dealkylation sites (N-methyl/N-ethyl adjacent to an activating group) is 1. The molecule has 0 unspecified atom stereocenters. The second-order valence-electron chi connectivity index (χ2n) is 7.82. The van der Waals surface area contributed by atoms with Gasteiger partial charge in [0.1, 0.15) is 0 Å². The van der Waals surface area contributed by atoms with Crippen LogP contribution in [0.3, 0.4) is 0 Å². The smallest absolute Gasteiger partial charge is 0.339 e. The molecule has 1 aromatic carbocycles. The molecule has 0 radical (unpaired) electrons. The van der Waals surface area contributed by atoms with Gasteiger partial charge in [0.15, 0.2) is 11.0 Å². The van der Waals surface area contributed by atoms with E-state index in [0.717, 1.165) is 49.6 Å². The van der Waals surface area contributed by atoms with E-state index in [1.54, 1.807) is 24.4 Å². The van der Waals surface area contributed by atoms with Crippen molar-refractivity contribution in [3.8, 4) is 0 Å². The van der Waals surface area contributed by atoms with Crippen molar-refractivity contribution in [2.75, 3.05) is 43.4 Å². The zero-order valence-corrected chi connectivity index (χ0v) is 19.1. The summed E-state index contributed by atoms with van der Waals surface area (Å²) < 4.78 is 39.1. The van der Waals surface area contributed by atoms with Crippen molar-refractivity contribution in [3.05, 3.63) is 52.3 Å². The molecule has 1 aliphatic heterocycles. The lowest BCUT2D eigenvalue weighted by Crippen LogP contribution is -2.30. The molecule has 0 aliphatic carbocycles. The van der Waals surface area contributed by atoms with Crippen molar-refractivity contribution in [3.63, 3.8) is 0 Å². The van der Waals surface area contributed by atoms with E-state index < -0.39 is 11.7 Å². The third kappa shape index (κ3) is 6.26. The Balaban J connectivity index is 1.64. The highest BCUT2D eigenvalue weighted by atomic mass is 32.1. The quantitative estimate of drug-likeness (QED) is 0.573. The maximum atomic E-state index is 13.0. The van der Waals surface area contributed by atoms with Crippen molar-refractivity contribution in [2.24, 2.45) is 0 Å². The van der Waals surface area contributed by atoms with Crippen molar-refractivity contribution < 1.29 is 13.2 Å². The molecular formula is C22H24F3N7S. The minimum atomic E-state index is -4.40. The van der Waals surface area contributed by atoms with Crippen LogP contribution in [0, 0.1) is 6.92 Å². The fourth-order valence-electron chi connectivity index (χ4n) is 3.40. The molecule has 3 heterocycles. The average Bonchev–Trinajstić information content (AvgIpc) is 3.05. The highest BCUT2D eigenvalue weighted by Crippen LogP contribution is 2.30. The monoisotopic (exact) mass is 475 g/mol. The Morgan fingerprint density at radius 1 is 1.06 bits per heavy atom. The van der Waals surface area contributed by atoms with Crippen molar-refractivity contribution in [2.45, 2.75) is 19.5 Å².